The van der Waals surface area contributed by atoms with Crippen molar-refractivity contribution < 1.29 is 4.52 Å². The number of nitrogens with zero attached hydrogens (tertiary/aromatic N) is 4. The van der Waals surface area contributed by atoms with Crippen molar-refractivity contribution in [3.8, 4) is 11.4 Å². The number of aryl methyl sites for hydroxylation is 2. The van der Waals surface area contributed by atoms with Gasteiger partial charge in [-0.1, -0.05) is 29.4 Å². The molecule has 0 saturated heterocycles. The third-order valence-corrected chi connectivity index (χ3v) is 3.78. The van der Waals surface area contributed by atoms with Crippen LogP contribution >= 0.6 is 0 Å². The first-order valence-corrected chi connectivity index (χ1v) is 7.72. The van der Waals surface area contributed by atoms with Crippen LogP contribution < -0.4 is 5.32 Å². The topological polar surface area (TPSA) is 68.8 Å². The van der Waals surface area contributed by atoms with E-state index in [4.69, 9.17) is 4.52 Å². The molecule has 23 heavy (non-hydrogen) atoms. The minimum absolute atomic E-state index is 0.338. The standard InChI is InChI=1S/C17H21N5O/c1-12-8-14(3)22(20-12)10-13(2)18-9-15-4-6-16(7-5-15)17-19-11-23-21-17/h4-8,11,13,18H,9-10H2,1-3H3/t13-/m1/s1. The van der Waals surface area contributed by atoms with E-state index >= 15 is 0 Å². The maximum absolute atomic E-state index is 4.76. The molecule has 0 amide bonds. The molecule has 0 unspecified atom stereocenters. The van der Waals surface area contributed by atoms with Crippen LogP contribution in [0, 0.1) is 13.8 Å². The zero-order valence-electron chi connectivity index (χ0n) is 13.7. The van der Waals surface area contributed by atoms with Gasteiger partial charge in [0, 0.05) is 23.8 Å². The van der Waals surface area contributed by atoms with Crippen LogP contribution in [-0.2, 0) is 13.1 Å². The summed E-state index contributed by atoms with van der Waals surface area (Å²) in [6, 6.07) is 10.6. The van der Waals surface area contributed by atoms with Crippen LogP contribution in [0.4, 0.5) is 0 Å². The fraction of sp³-hybridized carbons (Fsp3) is 0.353. The van der Waals surface area contributed by atoms with Gasteiger partial charge in [-0.2, -0.15) is 10.1 Å². The zero-order valence-corrected chi connectivity index (χ0v) is 13.7. The largest absolute Gasteiger partial charge is 0.342 e. The molecule has 1 atom stereocenters. The molecule has 3 rings (SSSR count). The summed E-state index contributed by atoms with van der Waals surface area (Å²) in [5.74, 6) is 0.613. The maximum atomic E-state index is 4.76. The molecule has 0 spiro atoms. The zero-order chi connectivity index (χ0) is 16.2. The molecule has 0 aliphatic carbocycles. The number of nitrogens with one attached hydrogen (secondary N) is 1. The summed E-state index contributed by atoms with van der Waals surface area (Å²) in [5.41, 5.74) is 4.43. The van der Waals surface area contributed by atoms with Crippen LogP contribution in [-0.4, -0.2) is 26.0 Å². The number of hydrogen-bond donors (Lipinski definition) is 1. The van der Waals surface area contributed by atoms with E-state index in [0.717, 1.165) is 24.3 Å². The van der Waals surface area contributed by atoms with Crippen molar-refractivity contribution in [2.45, 2.75) is 39.9 Å². The Labute approximate surface area is 135 Å². The lowest BCUT2D eigenvalue weighted by Crippen LogP contribution is -2.30. The third-order valence-electron chi connectivity index (χ3n) is 3.78. The van der Waals surface area contributed by atoms with Crippen LogP contribution in [0.5, 0.6) is 0 Å². The minimum atomic E-state index is 0.338. The van der Waals surface area contributed by atoms with E-state index in [-0.39, 0.29) is 0 Å². The summed E-state index contributed by atoms with van der Waals surface area (Å²) in [7, 11) is 0. The van der Waals surface area contributed by atoms with Crippen LogP contribution in [0.25, 0.3) is 11.4 Å². The Morgan fingerprint density at radius 2 is 2.00 bits per heavy atom. The molecular formula is C17H21N5O. The summed E-state index contributed by atoms with van der Waals surface area (Å²) in [6.45, 7) is 7.95. The highest BCUT2D eigenvalue weighted by molar-refractivity contribution is 5.54. The van der Waals surface area contributed by atoms with Gasteiger partial charge in [-0.15, -0.1) is 0 Å². The molecule has 6 nitrogen and oxygen atoms in total. The second kappa shape index (κ2) is 6.75. The molecule has 0 fully saturated rings. The highest BCUT2D eigenvalue weighted by Crippen LogP contribution is 2.15. The monoisotopic (exact) mass is 311 g/mol. The summed E-state index contributed by atoms with van der Waals surface area (Å²) in [6.07, 6.45) is 1.34. The van der Waals surface area contributed by atoms with Gasteiger partial charge in [0.15, 0.2) is 0 Å². The maximum Gasteiger partial charge on any atom is 0.214 e. The van der Waals surface area contributed by atoms with E-state index in [1.165, 1.54) is 17.7 Å². The molecule has 1 N–H and O–H groups in total. The molecule has 0 aliphatic heterocycles. The van der Waals surface area contributed by atoms with Crippen LogP contribution in [0.3, 0.4) is 0 Å². The predicted molar refractivity (Wildman–Crippen MR) is 87.7 cm³/mol. The molecule has 0 bridgehead atoms. The van der Waals surface area contributed by atoms with Crippen molar-refractivity contribution in [2.75, 3.05) is 0 Å². The minimum Gasteiger partial charge on any atom is -0.342 e. The van der Waals surface area contributed by atoms with Crippen molar-refractivity contribution in [3.05, 3.63) is 53.7 Å². The molecule has 6 heteroatoms. The first-order valence-electron chi connectivity index (χ1n) is 7.72. The quantitative estimate of drug-likeness (QED) is 0.758. The summed E-state index contributed by atoms with van der Waals surface area (Å²) >= 11 is 0. The number of benzene rings is 1. The van der Waals surface area contributed by atoms with Gasteiger partial charge in [0.2, 0.25) is 12.2 Å². The lowest BCUT2D eigenvalue weighted by Gasteiger charge is -2.15. The van der Waals surface area contributed by atoms with Crippen LogP contribution in [0.1, 0.15) is 23.9 Å². The Morgan fingerprint density at radius 3 is 2.61 bits per heavy atom. The molecule has 3 aromatic rings. The highest BCUT2D eigenvalue weighted by Gasteiger charge is 2.07. The third kappa shape index (κ3) is 3.84. The Hall–Kier alpha value is -2.47. The van der Waals surface area contributed by atoms with Crippen molar-refractivity contribution >= 4 is 0 Å². The van der Waals surface area contributed by atoms with E-state index < -0.39 is 0 Å². The second-order valence-corrected chi connectivity index (χ2v) is 5.84. The first kappa shape index (κ1) is 15.4. The lowest BCUT2D eigenvalue weighted by molar-refractivity contribution is 0.419. The van der Waals surface area contributed by atoms with Crippen molar-refractivity contribution in [1.82, 2.24) is 25.2 Å². The van der Waals surface area contributed by atoms with Gasteiger partial charge in [0.25, 0.3) is 0 Å². The summed E-state index contributed by atoms with van der Waals surface area (Å²) in [5, 5.41) is 11.9. The van der Waals surface area contributed by atoms with Gasteiger partial charge < -0.3 is 9.84 Å². The van der Waals surface area contributed by atoms with Gasteiger partial charge in [-0.25, -0.2) is 0 Å². The summed E-state index contributed by atoms with van der Waals surface area (Å²) in [4.78, 5) is 4.04. The van der Waals surface area contributed by atoms with E-state index in [9.17, 15) is 0 Å². The van der Waals surface area contributed by atoms with Crippen LogP contribution in [0.15, 0.2) is 41.2 Å². The van der Waals surface area contributed by atoms with E-state index in [2.05, 4.69) is 52.6 Å². The average Bonchev–Trinajstić information content (AvgIpc) is 3.16. The predicted octanol–water partition coefficient (Wildman–Crippen LogP) is 2.73. The smallest absolute Gasteiger partial charge is 0.214 e. The van der Waals surface area contributed by atoms with Gasteiger partial charge in [-0.05, 0) is 32.4 Å². The van der Waals surface area contributed by atoms with Crippen molar-refractivity contribution in [2.24, 2.45) is 0 Å². The number of rotatable bonds is 6. The molecule has 0 radical (unpaired) electrons. The second-order valence-electron chi connectivity index (χ2n) is 5.84. The Morgan fingerprint density at radius 1 is 1.22 bits per heavy atom. The molecule has 1 aromatic carbocycles. The molecule has 0 aliphatic rings. The Kier molecular flexibility index (Phi) is 4.52. The van der Waals surface area contributed by atoms with Gasteiger partial charge in [-0.3, -0.25) is 4.68 Å². The number of aromatic nitrogens is 4. The highest BCUT2D eigenvalue weighted by atomic mass is 16.5. The fourth-order valence-electron chi connectivity index (χ4n) is 2.55. The van der Waals surface area contributed by atoms with Gasteiger partial charge in [0.1, 0.15) is 0 Å². The Balaban J connectivity index is 1.54. The molecule has 2 heterocycles. The lowest BCUT2D eigenvalue weighted by atomic mass is 10.1. The van der Waals surface area contributed by atoms with Gasteiger partial charge >= 0.3 is 0 Å². The van der Waals surface area contributed by atoms with E-state index in [0.29, 0.717) is 11.9 Å². The average molecular weight is 311 g/mol. The van der Waals surface area contributed by atoms with E-state index in [1.807, 2.05) is 23.7 Å². The molecule has 0 saturated carbocycles. The summed E-state index contributed by atoms with van der Waals surface area (Å²) < 4.78 is 6.81. The molecule has 2 aromatic heterocycles. The SMILES string of the molecule is Cc1cc(C)n(C[C@@H](C)NCc2ccc(-c3ncon3)cc2)n1. The molecular weight excluding hydrogens is 290 g/mol. The fourth-order valence-corrected chi connectivity index (χ4v) is 2.55. The van der Waals surface area contributed by atoms with Crippen molar-refractivity contribution in [3.63, 3.8) is 0 Å². The van der Waals surface area contributed by atoms with Crippen LogP contribution in [0.2, 0.25) is 0 Å². The molecule has 120 valence electrons. The first-order chi connectivity index (χ1) is 11.1. The normalized spacial score (nSPS) is 12.5. The number of hydrogen-bond acceptors (Lipinski definition) is 5. The van der Waals surface area contributed by atoms with Crippen molar-refractivity contribution in [1.29, 1.82) is 0 Å². The van der Waals surface area contributed by atoms with E-state index in [1.54, 1.807) is 0 Å². The Bertz CT molecular complexity index is 746. The van der Waals surface area contributed by atoms with Gasteiger partial charge in [0.05, 0.1) is 12.2 Å².